The average molecular weight is 365 g/mol. The van der Waals surface area contributed by atoms with Gasteiger partial charge in [-0.15, -0.1) is 0 Å². The molecule has 1 N–H and O–H groups in total. The van der Waals surface area contributed by atoms with E-state index >= 15 is 0 Å². The van der Waals surface area contributed by atoms with Crippen LogP contribution in [-0.2, 0) is 0 Å². The van der Waals surface area contributed by atoms with Crippen LogP contribution in [0.15, 0.2) is 82.6 Å². The molecule has 0 aromatic heterocycles. The van der Waals surface area contributed by atoms with Gasteiger partial charge in [-0.3, -0.25) is 0 Å². The Morgan fingerprint density at radius 3 is 2.20 bits per heavy atom. The Morgan fingerprint density at radius 2 is 1.44 bits per heavy atom. The number of rotatable bonds is 3. The van der Waals surface area contributed by atoms with Gasteiger partial charge >= 0.3 is 5.97 Å². The summed E-state index contributed by atoms with van der Waals surface area (Å²) >= 11 is 7.90. The molecule has 2 nitrogen and oxygen atoms in total. The van der Waals surface area contributed by atoms with E-state index in [-0.39, 0.29) is 10.6 Å². The molecule has 0 saturated carbocycles. The summed E-state index contributed by atoms with van der Waals surface area (Å²) in [4.78, 5) is 13.6. The third kappa shape index (κ3) is 2.86. The van der Waals surface area contributed by atoms with Gasteiger partial charge in [0.1, 0.15) is 0 Å². The Morgan fingerprint density at radius 1 is 0.800 bits per heavy atom. The fourth-order valence-electron chi connectivity index (χ4n) is 3.01. The van der Waals surface area contributed by atoms with E-state index < -0.39 is 5.97 Å². The monoisotopic (exact) mass is 364 g/mol. The van der Waals surface area contributed by atoms with Crippen LogP contribution in [0.1, 0.15) is 10.4 Å². The highest BCUT2D eigenvalue weighted by Crippen LogP contribution is 2.40. The number of carboxylic acid groups (broad SMARTS) is 1. The van der Waals surface area contributed by atoms with Crippen LogP contribution in [0.5, 0.6) is 0 Å². The Labute approximate surface area is 154 Å². The van der Waals surface area contributed by atoms with Crippen molar-refractivity contribution in [1.82, 2.24) is 0 Å². The van der Waals surface area contributed by atoms with Crippen molar-refractivity contribution in [3.63, 3.8) is 0 Å². The molecule has 0 bridgehead atoms. The fourth-order valence-corrected chi connectivity index (χ4v) is 4.52. The Balaban J connectivity index is 1.93. The molecular formula is C21H13ClO2S. The normalized spacial score (nSPS) is 11.1. The first kappa shape index (κ1) is 16.0. The van der Waals surface area contributed by atoms with E-state index in [0.29, 0.717) is 5.39 Å². The summed E-state index contributed by atoms with van der Waals surface area (Å²) in [6.07, 6.45) is 0. The third-order valence-corrected chi connectivity index (χ3v) is 5.57. The molecule has 0 heterocycles. The summed E-state index contributed by atoms with van der Waals surface area (Å²) in [7, 11) is 0. The topological polar surface area (TPSA) is 37.3 Å². The van der Waals surface area contributed by atoms with Gasteiger partial charge in [-0.2, -0.15) is 0 Å². The van der Waals surface area contributed by atoms with Crippen molar-refractivity contribution >= 4 is 50.9 Å². The summed E-state index contributed by atoms with van der Waals surface area (Å²) in [5, 5.41) is 13.6. The van der Waals surface area contributed by atoms with Crippen molar-refractivity contribution in [2.75, 3.05) is 0 Å². The molecule has 0 aliphatic carbocycles. The summed E-state index contributed by atoms with van der Waals surface area (Å²) in [5.74, 6) is -1.01. The molecule has 0 radical (unpaired) electrons. The minimum absolute atomic E-state index is 0.152. The number of aromatic carboxylic acids is 1. The second-order valence-corrected chi connectivity index (χ2v) is 7.15. The second-order valence-electron chi connectivity index (χ2n) is 5.66. The predicted molar refractivity (Wildman–Crippen MR) is 104 cm³/mol. The van der Waals surface area contributed by atoms with E-state index in [1.54, 1.807) is 23.9 Å². The fraction of sp³-hybridized carbons (Fsp3) is 0. The van der Waals surface area contributed by atoms with Crippen LogP contribution in [0.3, 0.4) is 0 Å². The average Bonchev–Trinajstić information content (AvgIpc) is 2.61. The lowest BCUT2D eigenvalue weighted by molar-refractivity contribution is 0.0699. The molecule has 0 aliphatic heterocycles. The molecule has 0 fully saturated rings. The quantitative estimate of drug-likeness (QED) is 0.451. The first-order chi connectivity index (χ1) is 12.1. The Hall–Kier alpha value is -2.49. The van der Waals surface area contributed by atoms with Crippen molar-refractivity contribution in [3.8, 4) is 0 Å². The highest BCUT2D eigenvalue weighted by Gasteiger charge is 2.17. The zero-order valence-electron chi connectivity index (χ0n) is 13.1. The smallest absolute Gasteiger partial charge is 0.337 e. The van der Waals surface area contributed by atoms with Gasteiger partial charge in [-0.25, -0.2) is 4.79 Å². The van der Waals surface area contributed by atoms with Crippen molar-refractivity contribution in [2.24, 2.45) is 0 Å². The molecule has 0 unspecified atom stereocenters. The van der Waals surface area contributed by atoms with Crippen LogP contribution in [-0.4, -0.2) is 11.1 Å². The summed E-state index contributed by atoms with van der Waals surface area (Å²) in [6, 6.07) is 23.6. The summed E-state index contributed by atoms with van der Waals surface area (Å²) in [5.41, 5.74) is 0.152. The van der Waals surface area contributed by atoms with Crippen molar-refractivity contribution in [1.29, 1.82) is 0 Å². The standard InChI is InChI=1S/C21H13ClO2S/c22-17-12-19(15-9-3-4-10-16(15)20(17)21(23)24)25-18-11-5-7-13-6-1-2-8-14(13)18/h1-12H,(H,23,24). The van der Waals surface area contributed by atoms with Gasteiger partial charge in [0.15, 0.2) is 0 Å². The molecule has 0 atom stereocenters. The molecule has 25 heavy (non-hydrogen) atoms. The van der Waals surface area contributed by atoms with Gasteiger partial charge in [-0.05, 0) is 33.7 Å². The second kappa shape index (κ2) is 6.43. The predicted octanol–water partition coefficient (Wildman–Crippen LogP) is 6.50. The van der Waals surface area contributed by atoms with E-state index in [1.807, 2.05) is 36.4 Å². The number of carboxylic acids is 1. The molecule has 0 spiro atoms. The molecule has 4 rings (SSSR count). The largest absolute Gasteiger partial charge is 0.478 e. The Bertz CT molecular complexity index is 1120. The first-order valence-corrected chi connectivity index (χ1v) is 8.95. The van der Waals surface area contributed by atoms with Gasteiger partial charge in [0.05, 0.1) is 10.6 Å². The van der Waals surface area contributed by atoms with Gasteiger partial charge < -0.3 is 5.11 Å². The lowest BCUT2D eigenvalue weighted by Gasteiger charge is -2.12. The highest BCUT2D eigenvalue weighted by atomic mass is 35.5. The minimum atomic E-state index is -1.01. The van der Waals surface area contributed by atoms with E-state index in [1.165, 1.54) is 5.39 Å². The maximum absolute atomic E-state index is 11.6. The summed E-state index contributed by atoms with van der Waals surface area (Å²) in [6.45, 7) is 0. The van der Waals surface area contributed by atoms with Crippen LogP contribution >= 0.6 is 23.4 Å². The zero-order chi connectivity index (χ0) is 17.4. The lowest BCUT2D eigenvalue weighted by Crippen LogP contribution is -1.99. The van der Waals surface area contributed by atoms with Crippen LogP contribution in [0.25, 0.3) is 21.5 Å². The van der Waals surface area contributed by atoms with Gasteiger partial charge in [0, 0.05) is 9.79 Å². The maximum Gasteiger partial charge on any atom is 0.337 e. The van der Waals surface area contributed by atoms with Gasteiger partial charge in [-0.1, -0.05) is 84.0 Å². The van der Waals surface area contributed by atoms with Crippen LogP contribution in [0.4, 0.5) is 0 Å². The molecule has 0 amide bonds. The lowest BCUT2D eigenvalue weighted by atomic mass is 10.0. The minimum Gasteiger partial charge on any atom is -0.478 e. The van der Waals surface area contributed by atoms with E-state index in [4.69, 9.17) is 11.6 Å². The van der Waals surface area contributed by atoms with E-state index in [2.05, 4.69) is 24.3 Å². The van der Waals surface area contributed by atoms with Gasteiger partial charge in [0.2, 0.25) is 0 Å². The van der Waals surface area contributed by atoms with Crippen molar-refractivity contribution in [3.05, 3.63) is 83.4 Å². The van der Waals surface area contributed by atoms with Crippen LogP contribution in [0.2, 0.25) is 5.02 Å². The molecule has 4 aromatic carbocycles. The zero-order valence-corrected chi connectivity index (χ0v) is 14.6. The summed E-state index contributed by atoms with van der Waals surface area (Å²) < 4.78 is 0. The molecular weight excluding hydrogens is 352 g/mol. The van der Waals surface area contributed by atoms with Crippen molar-refractivity contribution < 1.29 is 9.90 Å². The maximum atomic E-state index is 11.6. The Kier molecular flexibility index (Phi) is 4.12. The van der Waals surface area contributed by atoms with Crippen LogP contribution < -0.4 is 0 Å². The SMILES string of the molecule is O=C(O)c1c(Cl)cc(Sc2cccc3ccccc23)c2ccccc12. The molecule has 4 aromatic rings. The first-order valence-electron chi connectivity index (χ1n) is 7.75. The number of hydrogen-bond donors (Lipinski definition) is 1. The van der Waals surface area contributed by atoms with Crippen molar-refractivity contribution in [2.45, 2.75) is 9.79 Å². The van der Waals surface area contributed by atoms with E-state index in [0.717, 1.165) is 20.6 Å². The van der Waals surface area contributed by atoms with E-state index in [9.17, 15) is 9.90 Å². The number of fused-ring (bicyclic) bond motifs is 2. The molecule has 0 saturated heterocycles. The number of carbonyl (C=O) groups is 1. The number of benzene rings is 4. The molecule has 4 heteroatoms. The number of halogens is 1. The number of hydrogen-bond acceptors (Lipinski definition) is 2. The molecule has 122 valence electrons. The molecule has 0 aliphatic rings. The highest BCUT2D eigenvalue weighted by molar-refractivity contribution is 7.99. The third-order valence-electron chi connectivity index (χ3n) is 4.14. The van der Waals surface area contributed by atoms with Gasteiger partial charge in [0.25, 0.3) is 0 Å². The van der Waals surface area contributed by atoms with Crippen LogP contribution in [0, 0.1) is 0 Å².